The first kappa shape index (κ1) is 29.4. The highest BCUT2D eigenvalue weighted by atomic mass is 19.1. The number of carbonyl (C=O) groups excluding carboxylic acids is 1. The first-order valence-electron chi connectivity index (χ1n) is 13.2. The molecule has 0 saturated carbocycles. The molecular formula is C30H32F2N4O5. The lowest BCUT2D eigenvalue weighted by molar-refractivity contribution is -0.385. The molecule has 41 heavy (non-hydrogen) atoms. The molecule has 4 aromatic rings. The van der Waals surface area contributed by atoms with E-state index in [4.69, 9.17) is 9.47 Å². The van der Waals surface area contributed by atoms with E-state index in [1.54, 1.807) is 25.2 Å². The van der Waals surface area contributed by atoms with Crippen molar-refractivity contribution in [1.29, 1.82) is 0 Å². The number of methoxy groups -OCH3 is 2. The molecule has 4 rings (SSSR count). The molecule has 9 nitrogen and oxygen atoms in total. The number of rotatable bonds is 12. The van der Waals surface area contributed by atoms with Crippen molar-refractivity contribution in [3.63, 3.8) is 0 Å². The van der Waals surface area contributed by atoms with Gasteiger partial charge in [0.15, 0.2) is 23.1 Å². The summed E-state index contributed by atoms with van der Waals surface area (Å²) in [5.74, 6) is -3.81. The van der Waals surface area contributed by atoms with E-state index in [0.29, 0.717) is 22.2 Å². The largest absolute Gasteiger partial charge is 0.494 e. The van der Waals surface area contributed by atoms with E-state index in [1.165, 1.54) is 31.0 Å². The Hall–Kier alpha value is -4.54. The molecule has 0 unspecified atom stereocenters. The van der Waals surface area contributed by atoms with Crippen LogP contribution in [0.25, 0.3) is 10.9 Å². The zero-order valence-electron chi connectivity index (χ0n) is 23.7. The van der Waals surface area contributed by atoms with Gasteiger partial charge in [0.05, 0.1) is 36.6 Å². The number of aryl methyl sites for hydroxylation is 1. The number of unbranched alkanes of at least 4 members (excludes halogenated alkanes) is 2. The Labute approximate surface area is 236 Å². The van der Waals surface area contributed by atoms with E-state index in [0.717, 1.165) is 37.6 Å². The Morgan fingerprint density at radius 1 is 1.07 bits per heavy atom. The number of hydrogen-bond acceptors (Lipinski definition) is 7. The van der Waals surface area contributed by atoms with E-state index in [1.807, 2.05) is 18.0 Å². The molecule has 2 aromatic heterocycles. The van der Waals surface area contributed by atoms with Gasteiger partial charge in [0.2, 0.25) is 5.78 Å². The molecule has 0 amide bonds. The lowest BCUT2D eigenvalue weighted by Crippen LogP contribution is -2.18. The summed E-state index contributed by atoms with van der Waals surface area (Å²) >= 11 is 0. The number of ether oxygens (including phenoxy) is 2. The Morgan fingerprint density at radius 3 is 2.37 bits per heavy atom. The van der Waals surface area contributed by atoms with Gasteiger partial charge in [-0.3, -0.25) is 19.9 Å². The molecule has 0 aliphatic carbocycles. The van der Waals surface area contributed by atoms with Crippen molar-refractivity contribution in [2.45, 2.75) is 32.6 Å². The van der Waals surface area contributed by atoms with Gasteiger partial charge in [-0.1, -0.05) is 19.8 Å². The average molecular weight is 567 g/mol. The lowest BCUT2D eigenvalue weighted by atomic mass is 10.0. The van der Waals surface area contributed by atoms with Crippen molar-refractivity contribution < 1.29 is 28.0 Å². The SMILES string of the molecule is CCCCCN(C)c1ccc(Cc2cc3cc(C(=O)c4c(F)c(OC)cc(OC)c4F)n(C)c3cn2)c([N+](=O)[O-])c1. The van der Waals surface area contributed by atoms with Gasteiger partial charge in [-0.05, 0) is 30.7 Å². The summed E-state index contributed by atoms with van der Waals surface area (Å²) in [6.07, 6.45) is 4.88. The zero-order valence-corrected chi connectivity index (χ0v) is 23.7. The smallest absolute Gasteiger partial charge is 0.275 e. The summed E-state index contributed by atoms with van der Waals surface area (Å²) in [7, 11) is 5.91. The Morgan fingerprint density at radius 2 is 1.76 bits per heavy atom. The number of carbonyl (C=O) groups is 1. The first-order chi connectivity index (χ1) is 19.6. The third-order valence-electron chi connectivity index (χ3n) is 7.19. The van der Waals surface area contributed by atoms with E-state index in [-0.39, 0.29) is 29.3 Å². The highest BCUT2D eigenvalue weighted by molar-refractivity contribution is 6.11. The van der Waals surface area contributed by atoms with Crippen LogP contribution in [-0.2, 0) is 13.5 Å². The predicted molar refractivity (Wildman–Crippen MR) is 152 cm³/mol. The summed E-state index contributed by atoms with van der Waals surface area (Å²) in [5.41, 5.74) is 1.56. The van der Waals surface area contributed by atoms with Gasteiger partial charge in [0, 0.05) is 61.5 Å². The van der Waals surface area contributed by atoms with Gasteiger partial charge in [-0.25, -0.2) is 8.78 Å². The molecule has 2 heterocycles. The minimum absolute atomic E-state index is 0.00594. The fourth-order valence-corrected chi connectivity index (χ4v) is 4.84. The molecule has 216 valence electrons. The van der Waals surface area contributed by atoms with Crippen LogP contribution in [0.15, 0.2) is 42.6 Å². The number of hydrogen-bond donors (Lipinski definition) is 0. The number of nitro groups is 1. The highest BCUT2D eigenvalue weighted by Crippen LogP contribution is 2.34. The van der Waals surface area contributed by atoms with Crippen LogP contribution in [0.1, 0.15) is 53.5 Å². The maximum Gasteiger partial charge on any atom is 0.275 e. The fraction of sp³-hybridized carbons (Fsp3) is 0.333. The van der Waals surface area contributed by atoms with Crippen molar-refractivity contribution in [1.82, 2.24) is 9.55 Å². The van der Waals surface area contributed by atoms with E-state index in [9.17, 15) is 14.9 Å². The van der Waals surface area contributed by atoms with Crippen molar-refractivity contribution >= 4 is 28.1 Å². The topological polar surface area (TPSA) is 99.7 Å². The lowest BCUT2D eigenvalue weighted by Gasteiger charge is -2.19. The number of ketones is 1. The minimum Gasteiger partial charge on any atom is -0.494 e. The quantitative estimate of drug-likeness (QED) is 0.0868. The normalized spacial score (nSPS) is 11.1. The Kier molecular flexibility index (Phi) is 8.85. The molecule has 0 atom stereocenters. The summed E-state index contributed by atoms with van der Waals surface area (Å²) in [4.78, 5) is 31.3. The predicted octanol–water partition coefficient (Wildman–Crippen LogP) is 6.23. The van der Waals surface area contributed by atoms with Crippen molar-refractivity contribution in [3.05, 3.63) is 86.9 Å². The standard InChI is InChI=1S/C30H32F2N4O5/c1-6-7-8-11-34(2)21-10-9-18(22(15-21)36(38)39)12-20-13-19-14-23(35(3)24(19)17-33-20)30(37)27-28(31)25(40-4)16-26(41-5)29(27)32/h9-10,13-17H,6-8,11-12H2,1-5H3. The number of anilines is 1. The number of aromatic nitrogens is 2. The molecule has 0 aliphatic rings. The molecule has 0 N–H and O–H groups in total. The van der Waals surface area contributed by atoms with Gasteiger partial charge in [-0.2, -0.15) is 0 Å². The van der Waals surface area contributed by atoms with Crippen LogP contribution < -0.4 is 14.4 Å². The van der Waals surface area contributed by atoms with Crippen LogP contribution >= 0.6 is 0 Å². The molecule has 0 bridgehead atoms. The maximum atomic E-state index is 15.0. The van der Waals surface area contributed by atoms with Gasteiger partial charge in [-0.15, -0.1) is 0 Å². The molecule has 0 aliphatic heterocycles. The van der Waals surface area contributed by atoms with Crippen LogP contribution in [0.5, 0.6) is 11.5 Å². The van der Waals surface area contributed by atoms with Crippen molar-refractivity contribution in [2.24, 2.45) is 7.05 Å². The molecule has 0 saturated heterocycles. The minimum atomic E-state index is -1.13. The molecule has 0 fully saturated rings. The Bertz CT molecular complexity index is 1590. The van der Waals surface area contributed by atoms with Crippen molar-refractivity contribution in [3.8, 4) is 11.5 Å². The molecule has 11 heteroatoms. The van der Waals surface area contributed by atoms with Crippen LogP contribution in [0.3, 0.4) is 0 Å². The van der Waals surface area contributed by atoms with E-state index in [2.05, 4.69) is 11.9 Å². The van der Waals surface area contributed by atoms with Crippen LogP contribution in [-0.4, -0.2) is 48.1 Å². The van der Waals surface area contributed by atoms with Crippen molar-refractivity contribution in [2.75, 3.05) is 32.7 Å². The number of fused-ring (bicyclic) bond motifs is 1. The van der Waals surface area contributed by atoms with Gasteiger partial charge in [0.25, 0.3) is 5.69 Å². The third kappa shape index (κ3) is 5.84. The van der Waals surface area contributed by atoms with Crippen LogP contribution in [0, 0.1) is 21.7 Å². The highest BCUT2D eigenvalue weighted by Gasteiger charge is 2.28. The van der Waals surface area contributed by atoms with Gasteiger partial charge < -0.3 is 18.9 Å². The van der Waals surface area contributed by atoms with Crippen LogP contribution in [0.2, 0.25) is 0 Å². The Balaban J connectivity index is 1.67. The van der Waals surface area contributed by atoms with E-state index < -0.39 is 27.9 Å². The third-order valence-corrected chi connectivity index (χ3v) is 7.19. The van der Waals surface area contributed by atoms with Crippen LogP contribution in [0.4, 0.5) is 20.2 Å². The number of pyridine rings is 1. The second kappa shape index (κ2) is 12.3. The molecular weight excluding hydrogens is 534 g/mol. The number of benzene rings is 2. The van der Waals surface area contributed by atoms with E-state index >= 15 is 8.78 Å². The number of nitrogens with zero attached hydrogens (tertiary/aromatic N) is 4. The number of halogens is 2. The second-order valence-electron chi connectivity index (χ2n) is 9.81. The average Bonchev–Trinajstić information content (AvgIpc) is 3.28. The maximum absolute atomic E-state index is 15.0. The first-order valence-corrected chi connectivity index (χ1v) is 13.2. The van der Waals surface area contributed by atoms with Gasteiger partial charge >= 0.3 is 0 Å². The monoisotopic (exact) mass is 566 g/mol. The summed E-state index contributed by atoms with van der Waals surface area (Å²) in [5, 5.41) is 12.5. The summed E-state index contributed by atoms with van der Waals surface area (Å²) < 4.78 is 41.4. The second-order valence-corrected chi connectivity index (χ2v) is 9.81. The zero-order chi connectivity index (χ0) is 29.8. The molecule has 0 radical (unpaired) electrons. The summed E-state index contributed by atoms with van der Waals surface area (Å²) in [6, 6.07) is 9.42. The molecule has 0 spiro atoms. The molecule has 2 aromatic carbocycles. The number of nitro benzene ring substituents is 1. The fourth-order valence-electron chi connectivity index (χ4n) is 4.84. The van der Waals surface area contributed by atoms with Gasteiger partial charge in [0.1, 0.15) is 5.56 Å². The summed E-state index contributed by atoms with van der Waals surface area (Å²) in [6.45, 7) is 2.92.